The van der Waals surface area contributed by atoms with Crippen LogP contribution in [0.3, 0.4) is 0 Å². The van der Waals surface area contributed by atoms with Crippen LogP contribution in [0.5, 0.6) is 0 Å². The topological polar surface area (TPSA) is 49.3 Å². The molecule has 4 heteroatoms. The first kappa shape index (κ1) is 10.5. The van der Waals surface area contributed by atoms with E-state index in [0.29, 0.717) is 5.75 Å². The largest absolute Gasteiger partial charge is 0.480 e. The molecule has 1 saturated heterocycles. The molecule has 0 aromatic heterocycles. The highest BCUT2D eigenvalue weighted by Gasteiger charge is 2.39. The summed E-state index contributed by atoms with van der Waals surface area (Å²) in [5.74, 6) is -0.164. The highest BCUT2D eigenvalue weighted by Crippen LogP contribution is 2.38. The normalized spacial score (nSPS) is 30.3. The van der Waals surface area contributed by atoms with E-state index in [4.69, 9.17) is 5.11 Å². The molecule has 15 heavy (non-hydrogen) atoms. The summed E-state index contributed by atoms with van der Waals surface area (Å²) in [6.45, 7) is 2.02. The van der Waals surface area contributed by atoms with Gasteiger partial charge in [0.2, 0.25) is 0 Å². The fraction of sp³-hybridized carbons (Fsp3) is 0.364. The Morgan fingerprint density at radius 2 is 2.20 bits per heavy atom. The van der Waals surface area contributed by atoms with Crippen molar-refractivity contribution in [1.29, 1.82) is 0 Å². The van der Waals surface area contributed by atoms with Crippen LogP contribution in [0.2, 0.25) is 0 Å². The van der Waals surface area contributed by atoms with Gasteiger partial charge in [-0.15, -0.1) is 11.8 Å². The summed E-state index contributed by atoms with van der Waals surface area (Å²) >= 11 is 1.64. The monoisotopic (exact) mass is 223 g/mol. The summed E-state index contributed by atoms with van der Waals surface area (Å²) in [5.41, 5.74) is 1.12. The third kappa shape index (κ3) is 2.01. The van der Waals surface area contributed by atoms with Crippen molar-refractivity contribution in [3.8, 4) is 0 Å². The van der Waals surface area contributed by atoms with Gasteiger partial charge in [-0.1, -0.05) is 30.3 Å². The van der Waals surface area contributed by atoms with Crippen LogP contribution in [0.4, 0.5) is 0 Å². The van der Waals surface area contributed by atoms with Crippen molar-refractivity contribution in [3.05, 3.63) is 35.9 Å². The lowest BCUT2D eigenvalue weighted by Crippen LogP contribution is -2.41. The lowest BCUT2D eigenvalue weighted by Gasteiger charge is -2.24. The van der Waals surface area contributed by atoms with Crippen molar-refractivity contribution in [1.82, 2.24) is 5.32 Å². The van der Waals surface area contributed by atoms with Gasteiger partial charge in [0.15, 0.2) is 0 Å². The quantitative estimate of drug-likeness (QED) is 0.800. The Morgan fingerprint density at radius 3 is 2.73 bits per heavy atom. The van der Waals surface area contributed by atoms with Crippen LogP contribution in [0.15, 0.2) is 30.3 Å². The van der Waals surface area contributed by atoms with Gasteiger partial charge in [-0.05, 0) is 12.5 Å². The van der Waals surface area contributed by atoms with Gasteiger partial charge < -0.3 is 5.11 Å². The van der Waals surface area contributed by atoms with Gasteiger partial charge in [0.05, 0.1) is 4.87 Å². The summed E-state index contributed by atoms with van der Waals surface area (Å²) in [5, 5.41) is 12.1. The number of rotatable bonds is 2. The van der Waals surface area contributed by atoms with Gasteiger partial charge in [-0.2, -0.15) is 0 Å². The Kier molecular flexibility index (Phi) is 2.71. The first-order valence-electron chi connectivity index (χ1n) is 4.82. The molecule has 2 rings (SSSR count). The molecular weight excluding hydrogens is 210 g/mol. The number of carbonyl (C=O) groups is 1. The Bertz CT molecular complexity index is 368. The predicted octanol–water partition coefficient (Wildman–Crippen LogP) is 1.65. The molecule has 1 aliphatic heterocycles. The summed E-state index contributed by atoms with van der Waals surface area (Å²) in [6, 6.07) is 9.49. The molecule has 1 aromatic carbocycles. The molecule has 3 nitrogen and oxygen atoms in total. The van der Waals surface area contributed by atoms with Gasteiger partial charge in [-0.3, -0.25) is 10.1 Å². The van der Waals surface area contributed by atoms with Crippen LogP contribution in [0.25, 0.3) is 0 Å². The van der Waals surface area contributed by atoms with E-state index in [1.165, 1.54) is 0 Å². The SMILES string of the molecule is C[C@@]1(c2ccccc2)N[C@@H](C(=O)O)CS1. The number of carboxylic acids is 1. The highest BCUT2D eigenvalue weighted by atomic mass is 32.2. The zero-order chi connectivity index (χ0) is 10.9. The predicted molar refractivity (Wildman–Crippen MR) is 60.8 cm³/mol. The molecule has 0 unspecified atom stereocenters. The Hall–Kier alpha value is -1.00. The van der Waals surface area contributed by atoms with Crippen LogP contribution in [-0.2, 0) is 9.67 Å². The van der Waals surface area contributed by atoms with Gasteiger partial charge in [0.25, 0.3) is 0 Å². The van der Waals surface area contributed by atoms with Gasteiger partial charge in [0.1, 0.15) is 6.04 Å². The molecule has 0 spiro atoms. The molecule has 1 aromatic rings. The Balaban J connectivity index is 2.20. The molecule has 1 fully saturated rings. The first-order valence-corrected chi connectivity index (χ1v) is 5.80. The number of carboxylic acid groups (broad SMARTS) is 1. The Labute approximate surface area is 92.9 Å². The van der Waals surface area contributed by atoms with Crippen LogP contribution in [0, 0.1) is 0 Å². The zero-order valence-electron chi connectivity index (χ0n) is 8.43. The summed E-state index contributed by atoms with van der Waals surface area (Å²) in [6.07, 6.45) is 0. The highest BCUT2D eigenvalue weighted by molar-refractivity contribution is 8.00. The minimum absolute atomic E-state index is 0.273. The smallest absolute Gasteiger partial charge is 0.321 e. The lowest BCUT2D eigenvalue weighted by atomic mass is 10.1. The number of aliphatic carboxylic acids is 1. The van der Waals surface area contributed by atoms with Crippen molar-refractivity contribution in [2.24, 2.45) is 0 Å². The van der Waals surface area contributed by atoms with Gasteiger partial charge >= 0.3 is 5.97 Å². The third-order valence-corrected chi connectivity index (χ3v) is 4.04. The van der Waals surface area contributed by atoms with E-state index in [1.54, 1.807) is 11.8 Å². The maximum absolute atomic E-state index is 10.8. The van der Waals surface area contributed by atoms with Crippen molar-refractivity contribution < 1.29 is 9.90 Å². The summed E-state index contributed by atoms with van der Waals surface area (Å²) < 4.78 is 0. The third-order valence-electron chi connectivity index (χ3n) is 2.61. The number of hydrogen-bond acceptors (Lipinski definition) is 3. The fourth-order valence-corrected chi connectivity index (χ4v) is 2.98. The Morgan fingerprint density at radius 1 is 1.53 bits per heavy atom. The van der Waals surface area contributed by atoms with Gasteiger partial charge in [0, 0.05) is 5.75 Å². The first-order chi connectivity index (χ1) is 7.12. The van der Waals surface area contributed by atoms with E-state index in [9.17, 15) is 4.79 Å². The molecule has 80 valence electrons. The summed E-state index contributed by atoms with van der Waals surface area (Å²) in [7, 11) is 0. The maximum atomic E-state index is 10.8. The summed E-state index contributed by atoms with van der Waals surface area (Å²) in [4.78, 5) is 10.6. The van der Waals surface area contributed by atoms with Crippen molar-refractivity contribution in [2.75, 3.05) is 5.75 Å². The molecular formula is C11H13NO2S. The van der Waals surface area contributed by atoms with E-state index in [0.717, 1.165) is 5.56 Å². The van der Waals surface area contributed by atoms with E-state index < -0.39 is 12.0 Å². The number of benzene rings is 1. The van der Waals surface area contributed by atoms with E-state index in [-0.39, 0.29) is 4.87 Å². The van der Waals surface area contributed by atoms with Crippen LogP contribution in [0.1, 0.15) is 12.5 Å². The van der Waals surface area contributed by atoms with E-state index in [1.807, 2.05) is 37.3 Å². The maximum Gasteiger partial charge on any atom is 0.321 e. The van der Waals surface area contributed by atoms with E-state index in [2.05, 4.69) is 5.32 Å². The molecule has 0 aliphatic carbocycles. The van der Waals surface area contributed by atoms with E-state index >= 15 is 0 Å². The number of hydrogen-bond donors (Lipinski definition) is 2. The molecule has 0 bridgehead atoms. The molecule has 1 heterocycles. The molecule has 0 amide bonds. The fourth-order valence-electron chi connectivity index (χ4n) is 1.72. The molecule has 0 radical (unpaired) electrons. The average molecular weight is 223 g/mol. The number of nitrogens with one attached hydrogen (secondary N) is 1. The lowest BCUT2D eigenvalue weighted by molar-refractivity contribution is -0.138. The van der Waals surface area contributed by atoms with Crippen LogP contribution in [-0.4, -0.2) is 22.9 Å². The van der Waals surface area contributed by atoms with Crippen LogP contribution >= 0.6 is 11.8 Å². The minimum atomic E-state index is -0.776. The second-order valence-corrected chi connectivity index (χ2v) is 5.18. The van der Waals surface area contributed by atoms with Crippen molar-refractivity contribution >= 4 is 17.7 Å². The van der Waals surface area contributed by atoms with Crippen molar-refractivity contribution in [3.63, 3.8) is 0 Å². The van der Waals surface area contributed by atoms with Crippen LogP contribution < -0.4 is 5.32 Å². The van der Waals surface area contributed by atoms with Gasteiger partial charge in [-0.25, -0.2) is 0 Å². The molecule has 0 saturated carbocycles. The second-order valence-electron chi connectivity index (χ2n) is 3.75. The standard InChI is InChI=1S/C11H13NO2S/c1-11(8-5-3-2-4-6-8)12-9(7-15-11)10(13)14/h2-6,9,12H,7H2,1H3,(H,13,14)/t9-,11-/m1/s1. The number of thioether (sulfide) groups is 1. The zero-order valence-corrected chi connectivity index (χ0v) is 9.25. The van der Waals surface area contributed by atoms with Crippen molar-refractivity contribution in [2.45, 2.75) is 17.8 Å². The molecule has 2 N–H and O–H groups in total. The molecule has 1 aliphatic rings. The molecule has 2 atom stereocenters. The average Bonchev–Trinajstić information content (AvgIpc) is 2.64. The minimum Gasteiger partial charge on any atom is -0.480 e. The second kappa shape index (κ2) is 3.87.